The third-order valence-electron chi connectivity index (χ3n) is 3.83. The number of nitrogens with two attached hydrogens (primary N) is 1. The maximum Gasteiger partial charge on any atom is 0.124 e. The summed E-state index contributed by atoms with van der Waals surface area (Å²) in [6.07, 6.45) is 0. The van der Waals surface area contributed by atoms with Gasteiger partial charge in [0.1, 0.15) is 18.1 Å². The van der Waals surface area contributed by atoms with Crippen LogP contribution in [0.3, 0.4) is 0 Å². The van der Waals surface area contributed by atoms with Gasteiger partial charge < -0.3 is 20.7 Å². The number of phenolic OH excluding ortho intramolecular Hbond substituents is 1. The fourth-order valence-corrected chi connectivity index (χ4v) is 2.14. The third kappa shape index (κ3) is 3.78. The van der Waals surface area contributed by atoms with E-state index in [9.17, 15) is 10.2 Å². The fraction of sp³-hybridized carbons (Fsp3) is 0.333. The van der Waals surface area contributed by atoms with Crippen molar-refractivity contribution in [2.45, 2.75) is 26.5 Å². The minimum absolute atomic E-state index is 0.0557. The number of rotatable bonds is 6. The molecule has 0 spiro atoms. The molecule has 0 aromatic heterocycles. The van der Waals surface area contributed by atoms with Crippen molar-refractivity contribution >= 4 is 0 Å². The second-order valence-electron chi connectivity index (χ2n) is 6.12. The van der Waals surface area contributed by atoms with Crippen molar-refractivity contribution < 1.29 is 14.9 Å². The summed E-state index contributed by atoms with van der Waals surface area (Å²) in [4.78, 5) is 0. The molecule has 0 unspecified atom stereocenters. The van der Waals surface area contributed by atoms with Gasteiger partial charge in [0, 0.05) is 29.7 Å². The van der Waals surface area contributed by atoms with Crippen molar-refractivity contribution in [1.82, 2.24) is 0 Å². The van der Waals surface area contributed by atoms with Crippen molar-refractivity contribution in [3.8, 4) is 11.5 Å². The van der Waals surface area contributed by atoms with Crippen LogP contribution in [0, 0.1) is 5.41 Å². The first-order valence-electron chi connectivity index (χ1n) is 7.30. The van der Waals surface area contributed by atoms with E-state index in [1.54, 1.807) is 18.2 Å². The molecule has 118 valence electrons. The fourth-order valence-electron chi connectivity index (χ4n) is 2.14. The Labute approximate surface area is 131 Å². The lowest BCUT2D eigenvalue weighted by Gasteiger charge is -2.30. The summed E-state index contributed by atoms with van der Waals surface area (Å²) in [5.41, 5.74) is 7.29. The van der Waals surface area contributed by atoms with E-state index in [1.807, 2.05) is 44.2 Å². The number of benzene rings is 2. The van der Waals surface area contributed by atoms with Gasteiger partial charge in [-0.2, -0.15) is 0 Å². The van der Waals surface area contributed by atoms with Gasteiger partial charge in [-0.3, -0.25) is 0 Å². The number of phenols is 1. The maximum absolute atomic E-state index is 10.2. The van der Waals surface area contributed by atoms with Crippen LogP contribution in [0.15, 0.2) is 48.5 Å². The lowest BCUT2D eigenvalue weighted by molar-refractivity contribution is 0.131. The third-order valence-corrected chi connectivity index (χ3v) is 3.83. The highest BCUT2D eigenvalue weighted by molar-refractivity contribution is 5.42. The Balaban J connectivity index is 2.09. The number of ether oxygens (including phenoxy) is 1. The molecule has 0 saturated carbocycles. The van der Waals surface area contributed by atoms with E-state index in [1.165, 1.54) is 0 Å². The van der Waals surface area contributed by atoms with E-state index in [-0.39, 0.29) is 12.4 Å². The minimum atomic E-state index is -0.510. The Bertz CT molecular complexity index is 611. The van der Waals surface area contributed by atoms with E-state index in [4.69, 9.17) is 10.5 Å². The Morgan fingerprint density at radius 3 is 2.41 bits per heavy atom. The van der Waals surface area contributed by atoms with Gasteiger partial charge in [-0.25, -0.2) is 0 Å². The molecule has 0 radical (unpaired) electrons. The van der Waals surface area contributed by atoms with Gasteiger partial charge in [-0.15, -0.1) is 0 Å². The first kappa shape index (κ1) is 16.3. The molecule has 2 aromatic rings. The van der Waals surface area contributed by atoms with Crippen molar-refractivity contribution in [2.75, 3.05) is 6.61 Å². The van der Waals surface area contributed by atoms with Gasteiger partial charge in [0.15, 0.2) is 0 Å². The Hall–Kier alpha value is -2.04. The van der Waals surface area contributed by atoms with Crippen molar-refractivity contribution in [3.63, 3.8) is 0 Å². The van der Waals surface area contributed by atoms with Crippen LogP contribution in [0.25, 0.3) is 0 Å². The lowest BCUT2D eigenvalue weighted by atomic mass is 9.81. The highest BCUT2D eigenvalue weighted by atomic mass is 16.5. The molecule has 4 N–H and O–H groups in total. The predicted octanol–water partition coefficient (Wildman–Crippen LogP) is 2.99. The van der Waals surface area contributed by atoms with E-state index in [0.29, 0.717) is 17.9 Å². The quantitative estimate of drug-likeness (QED) is 0.766. The summed E-state index contributed by atoms with van der Waals surface area (Å²) in [6, 6.07) is 14.5. The van der Waals surface area contributed by atoms with E-state index >= 15 is 0 Å². The van der Waals surface area contributed by atoms with Crippen molar-refractivity contribution in [3.05, 3.63) is 59.7 Å². The maximum atomic E-state index is 10.2. The molecule has 4 nitrogen and oxygen atoms in total. The SMILES string of the molecule is CC(C)(CO)[C@H](N)c1ccc(OCc2ccccc2)cc1O. The second-order valence-corrected chi connectivity index (χ2v) is 6.12. The molecule has 2 rings (SSSR count). The monoisotopic (exact) mass is 301 g/mol. The Morgan fingerprint density at radius 1 is 1.14 bits per heavy atom. The molecule has 22 heavy (non-hydrogen) atoms. The molecule has 0 heterocycles. The standard InChI is InChI=1S/C18H23NO3/c1-18(2,12-20)17(19)15-9-8-14(10-16(15)21)22-11-13-6-4-3-5-7-13/h3-10,17,20-21H,11-12,19H2,1-2H3/t17-/m1/s1. The van der Waals surface area contributed by atoms with Crippen molar-refractivity contribution in [1.29, 1.82) is 0 Å². The molecular weight excluding hydrogens is 278 g/mol. The molecule has 0 fully saturated rings. The lowest BCUT2D eigenvalue weighted by Crippen LogP contribution is -2.32. The predicted molar refractivity (Wildman–Crippen MR) is 86.7 cm³/mol. The zero-order chi connectivity index (χ0) is 16.2. The molecular formula is C18H23NO3. The molecule has 0 aliphatic carbocycles. The van der Waals surface area contributed by atoms with Gasteiger partial charge in [-0.1, -0.05) is 50.2 Å². The van der Waals surface area contributed by atoms with Gasteiger partial charge in [0.25, 0.3) is 0 Å². The zero-order valence-corrected chi connectivity index (χ0v) is 13.0. The normalized spacial score (nSPS) is 12.9. The first-order chi connectivity index (χ1) is 10.4. The number of aliphatic hydroxyl groups excluding tert-OH is 1. The van der Waals surface area contributed by atoms with Crippen LogP contribution >= 0.6 is 0 Å². The molecule has 0 aliphatic heterocycles. The first-order valence-corrected chi connectivity index (χ1v) is 7.30. The molecule has 0 bridgehead atoms. The van der Waals surface area contributed by atoms with Crippen LogP contribution in [0.1, 0.15) is 31.0 Å². The van der Waals surface area contributed by atoms with E-state index in [2.05, 4.69) is 0 Å². The van der Waals surface area contributed by atoms with Crippen LogP contribution in [0.4, 0.5) is 0 Å². The summed E-state index contributed by atoms with van der Waals surface area (Å²) in [5, 5.41) is 19.6. The van der Waals surface area contributed by atoms with Gasteiger partial charge in [-0.05, 0) is 11.6 Å². The topological polar surface area (TPSA) is 75.7 Å². The number of hydrogen-bond donors (Lipinski definition) is 3. The summed E-state index contributed by atoms with van der Waals surface area (Å²) in [7, 11) is 0. The zero-order valence-electron chi connectivity index (χ0n) is 13.0. The van der Waals surface area contributed by atoms with E-state index < -0.39 is 11.5 Å². The largest absolute Gasteiger partial charge is 0.507 e. The number of aromatic hydroxyl groups is 1. The summed E-state index contributed by atoms with van der Waals surface area (Å²) < 4.78 is 5.67. The van der Waals surface area contributed by atoms with Crippen LogP contribution in [-0.2, 0) is 6.61 Å². The minimum Gasteiger partial charge on any atom is -0.507 e. The summed E-state index contributed by atoms with van der Waals surface area (Å²) >= 11 is 0. The average Bonchev–Trinajstić information content (AvgIpc) is 2.53. The Morgan fingerprint density at radius 2 is 1.82 bits per heavy atom. The van der Waals surface area contributed by atoms with Gasteiger partial charge in [0.05, 0.1) is 0 Å². The highest BCUT2D eigenvalue weighted by Crippen LogP contribution is 2.36. The molecule has 0 saturated heterocycles. The van der Waals surface area contributed by atoms with Crippen LogP contribution in [0.5, 0.6) is 11.5 Å². The van der Waals surface area contributed by atoms with Crippen LogP contribution in [-0.4, -0.2) is 16.8 Å². The second kappa shape index (κ2) is 6.81. The number of hydrogen-bond acceptors (Lipinski definition) is 4. The number of aliphatic hydroxyl groups is 1. The van der Waals surface area contributed by atoms with Gasteiger partial charge in [0.2, 0.25) is 0 Å². The van der Waals surface area contributed by atoms with Crippen molar-refractivity contribution in [2.24, 2.45) is 11.1 Å². The Kier molecular flexibility index (Phi) is 5.06. The highest BCUT2D eigenvalue weighted by Gasteiger charge is 2.28. The molecule has 2 aromatic carbocycles. The molecule has 0 amide bonds. The molecule has 4 heteroatoms. The van der Waals surface area contributed by atoms with Gasteiger partial charge >= 0.3 is 0 Å². The smallest absolute Gasteiger partial charge is 0.124 e. The van der Waals surface area contributed by atoms with Crippen LogP contribution < -0.4 is 10.5 Å². The summed E-state index contributed by atoms with van der Waals surface area (Å²) in [5.74, 6) is 0.665. The average molecular weight is 301 g/mol. The molecule has 0 aliphatic rings. The van der Waals surface area contributed by atoms with Crippen LogP contribution in [0.2, 0.25) is 0 Å². The summed E-state index contributed by atoms with van der Waals surface area (Å²) in [6.45, 7) is 4.10. The van der Waals surface area contributed by atoms with E-state index in [0.717, 1.165) is 5.56 Å². The molecule has 1 atom stereocenters.